The van der Waals surface area contributed by atoms with Crippen LogP contribution in [-0.2, 0) is 24.3 Å². The molecule has 3 saturated heterocycles. The van der Waals surface area contributed by atoms with E-state index in [1.807, 2.05) is 6.07 Å². The minimum absolute atomic E-state index is 0.00202. The first-order valence-electron chi connectivity index (χ1n) is 11.2. The highest BCUT2D eigenvalue weighted by molar-refractivity contribution is 9.10. The molecule has 188 valence electrons. The Morgan fingerprint density at radius 1 is 1.17 bits per heavy atom. The van der Waals surface area contributed by atoms with Gasteiger partial charge in [0.2, 0.25) is 21.2 Å². The van der Waals surface area contributed by atoms with Crippen molar-refractivity contribution < 1.29 is 22.7 Å². The van der Waals surface area contributed by atoms with E-state index in [0.717, 1.165) is 10.3 Å². The Morgan fingerprint density at radius 2 is 1.89 bits per heavy atom. The van der Waals surface area contributed by atoms with Crippen molar-refractivity contribution in [3.8, 4) is 0 Å². The maximum atomic E-state index is 13.4. The first kappa shape index (κ1) is 24.8. The van der Waals surface area contributed by atoms with Crippen LogP contribution in [0.1, 0.15) is 12.8 Å². The minimum Gasteiger partial charge on any atom is -0.380 e. The number of amides is 1. The third-order valence-electron chi connectivity index (χ3n) is 6.81. The standard InChI is InChI=1S/C22H25BrClN5O5S/c1-33-15-22-14-28(35(31,32)17-4-2-16(23)3-5-17)12-19(30)29(22)13-21(34-22)7-10-27(11-8-21)18-6-9-25-20(24)26-18/h2-6,9H,7-8,10-15H2,1H3. The van der Waals surface area contributed by atoms with Gasteiger partial charge in [-0.25, -0.2) is 18.4 Å². The summed E-state index contributed by atoms with van der Waals surface area (Å²) in [5, 5.41) is 0.189. The molecule has 35 heavy (non-hydrogen) atoms. The molecule has 1 aromatic heterocycles. The van der Waals surface area contributed by atoms with Crippen LogP contribution in [0.4, 0.5) is 5.82 Å². The molecule has 0 N–H and O–H groups in total. The van der Waals surface area contributed by atoms with E-state index < -0.39 is 21.3 Å². The number of nitrogens with zero attached hydrogens (tertiary/aromatic N) is 5. The zero-order chi connectivity index (χ0) is 24.8. The van der Waals surface area contributed by atoms with E-state index in [1.54, 1.807) is 23.2 Å². The van der Waals surface area contributed by atoms with Crippen molar-refractivity contribution in [2.75, 3.05) is 51.3 Å². The Labute approximate surface area is 217 Å². The van der Waals surface area contributed by atoms with E-state index in [9.17, 15) is 13.2 Å². The maximum absolute atomic E-state index is 13.4. The summed E-state index contributed by atoms with van der Waals surface area (Å²) in [4.78, 5) is 25.4. The van der Waals surface area contributed by atoms with E-state index >= 15 is 0 Å². The predicted octanol–water partition coefficient (Wildman–Crippen LogP) is 2.14. The van der Waals surface area contributed by atoms with Gasteiger partial charge in [0.05, 0.1) is 36.7 Å². The number of hydrogen-bond donors (Lipinski definition) is 0. The van der Waals surface area contributed by atoms with Gasteiger partial charge < -0.3 is 19.3 Å². The summed E-state index contributed by atoms with van der Waals surface area (Å²) in [5.41, 5.74) is -1.79. The zero-order valence-corrected chi connectivity index (χ0v) is 22.2. The Hall–Kier alpha value is -1.83. The number of piperidine rings is 1. The Kier molecular flexibility index (Phi) is 6.56. The SMILES string of the molecule is COCC12CN(S(=O)(=O)c3ccc(Br)cc3)CC(=O)N1CC1(CCN(c3ccnc(Cl)n3)CC1)O2. The fourth-order valence-electron chi connectivity index (χ4n) is 5.13. The number of halogens is 2. The lowest BCUT2D eigenvalue weighted by atomic mass is 9.91. The molecule has 2 aromatic rings. The van der Waals surface area contributed by atoms with Gasteiger partial charge in [0, 0.05) is 30.9 Å². The van der Waals surface area contributed by atoms with Crippen molar-refractivity contribution in [3.63, 3.8) is 0 Å². The van der Waals surface area contributed by atoms with E-state index in [4.69, 9.17) is 21.1 Å². The van der Waals surface area contributed by atoms with Crippen LogP contribution in [0.25, 0.3) is 0 Å². The van der Waals surface area contributed by atoms with Crippen molar-refractivity contribution >= 4 is 49.3 Å². The molecule has 1 unspecified atom stereocenters. The summed E-state index contributed by atoms with van der Waals surface area (Å²) in [6.07, 6.45) is 2.90. The second-order valence-electron chi connectivity index (χ2n) is 9.04. The monoisotopic (exact) mass is 585 g/mol. The number of ether oxygens (including phenoxy) is 2. The van der Waals surface area contributed by atoms with E-state index in [1.165, 1.54) is 23.5 Å². The largest absolute Gasteiger partial charge is 0.380 e. The quantitative estimate of drug-likeness (QED) is 0.491. The molecule has 0 radical (unpaired) electrons. The number of carbonyl (C=O) groups excluding carboxylic acids is 1. The van der Waals surface area contributed by atoms with Crippen molar-refractivity contribution in [3.05, 3.63) is 46.3 Å². The molecule has 0 aliphatic carbocycles. The number of methoxy groups -OCH3 is 1. The van der Waals surface area contributed by atoms with Crippen LogP contribution in [0, 0.1) is 0 Å². The fourth-order valence-corrected chi connectivity index (χ4v) is 6.97. The third kappa shape index (κ3) is 4.56. The molecule has 10 nitrogen and oxygen atoms in total. The van der Waals surface area contributed by atoms with Gasteiger partial charge in [0.15, 0.2) is 5.72 Å². The molecule has 1 atom stereocenters. The summed E-state index contributed by atoms with van der Waals surface area (Å²) >= 11 is 9.28. The number of piperazine rings is 1. The molecular formula is C22H25BrClN5O5S. The van der Waals surface area contributed by atoms with E-state index in [0.29, 0.717) is 32.5 Å². The lowest BCUT2D eigenvalue weighted by Gasteiger charge is -2.44. The average Bonchev–Trinajstić information content (AvgIpc) is 3.14. The van der Waals surface area contributed by atoms with Gasteiger partial charge in [-0.1, -0.05) is 15.9 Å². The Morgan fingerprint density at radius 3 is 2.54 bits per heavy atom. The van der Waals surface area contributed by atoms with E-state index in [-0.39, 0.29) is 35.8 Å². The van der Waals surface area contributed by atoms with Crippen LogP contribution in [-0.4, -0.2) is 91.3 Å². The predicted molar refractivity (Wildman–Crippen MR) is 132 cm³/mol. The minimum atomic E-state index is -3.90. The van der Waals surface area contributed by atoms with Crippen molar-refractivity contribution in [2.24, 2.45) is 0 Å². The number of anilines is 1. The number of aromatic nitrogens is 2. The molecule has 4 heterocycles. The van der Waals surface area contributed by atoms with Gasteiger partial charge in [-0.15, -0.1) is 0 Å². The molecule has 3 aliphatic heterocycles. The van der Waals surface area contributed by atoms with E-state index in [2.05, 4.69) is 30.8 Å². The first-order valence-corrected chi connectivity index (χ1v) is 13.8. The number of fused-ring (bicyclic) bond motifs is 1. The molecule has 0 saturated carbocycles. The molecule has 13 heteroatoms. The molecule has 1 aromatic carbocycles. The summed E-state index contributed by atoms with van der Waals surface area (Å²) in [5.74, 6) is 0.445. The van der Waals surface area contributed by atoms with Crippen LogP contribution >= 0.6 is 27.5 Å². The number of rotatable bonds is 5. The first-order chi connectivity index (χ1) is 16.7. The number of benzene rings is 1. The van der Waals surface area contributed by atoms with Gasteiger partial charge in [-0.2, -0.15) is 4.31 Å². The molecule has 3 aliphatic rings. The van der Waals surface area contributed by atoms with Crippen LogP contribution < -0.4 is 4.90 Å². The highest BCUT2D eigenvalue weighted by atomic mass is 79.9. The zero-order valence-electron chi connectivity index (χ0n) is 19.1. The normalized spacial score (nSPS) is 24.7. The van der Waals surface area contributed by atoms with Crippen molar-refractivity contribution in [1.29, 1.82) is 0 Å². The molecule has 1 amide bonds. The second kappa shape index (κ2) is 9.24. The number of hydrogen-bond acceptors (Lipinski definition) is 8. The van der Waals surface area contributed by atoms with Gasteiger partial charge in [-0.05, 0) is 54.8 Å². The van der Waals surface area contributed by atoms with Gasteiger partial charge in [-0.3, -0.25) is 4.79 Å². The van der Waals surface area contributed by atoms with Crippen molar-refractivity contribution in [2.45, 2.75) is 29.1 Å². The molecular weight excluding hydrogens is 562 g/mol. The van der Waals surface area contributed by atoms with Crippen molar-refractivity contribution in [1.82, 2.24) is 19.2 Å². The van der Waals surface area contributed by atoms with Gasteiger partial charge in [0.1, 0.15) is 5.82 Å². The van der Waals surface area contributed by atoms with Gasteiger partial charge in [0.25, 0.3) is 0 Å². The highest BCUT2D eigenvalue weighted by Crippen LogP contribution is 2.44. The lowest BCUT2D eigenvalue weighted by molar-refractivity contribution is -0.194. The molecule has 0 bridgehead atoms. The third-order valence-corrected chi connectivity index (χ3v) is 9.33. The topological polar surface area (TPSA) is 105 Å². The number of carbonyl (C=O) groups is 1. The fraction of sp³-hybridized carbons (Fsp3) is 0.500. The lowest BCUT2D eigenvalue weighted by Crippen LogP contribution is -2.65. The summed E-state index contributed by atoms with van der Waals surface area (Å²) in [6, 6.07) is 8.17. The highest BCUT2D eigenvalue weighted by Gasteiger charge is 2.60. The smallest absolute Gasteiger partial charge is 0.243 e. The Balaban J connectivity index is 1.38. The maximum Gasteiger partial charge on any atom is 0.243 e. The summed E-state index contributed by atoms with van der Waals surface area (Å²) in [7, 11) is -2.38. The van der Waals surface area contributed by atoms with Crippen LogP contribution in [0.5, 0.6) is 0 Å². The molecule has 1 spiro atoms. The van der Waals surface area contributed by atoms with Crippen LogP contribution in [0.15, 0.2) is 45.9 Å². The van der Waals surface area contributed by atoms with Crippen LogP contribution in [0.3, 0.4) is 0 Å². The second-order valence-corrected chi connectivity index (χ2v) is 12.2. The van der Waals surface area contributed by atoms with Gasteiger partial charge >= 0.3 is 0 Å². The molecule has 3 fully saturated rings. The Bertz CT molecular complexity index is 1220. The summed E-state index contributed by atoms with van der Waals surface area (Å²) in [6.45, 7) is 1.52. The summed E-state index contributed by atoms with van der Waals surface area (Å²) < 4.78 is 40.9. The number of sulfonamides is 1. The van der Waals surface area contributed by atoms with Crippen LogP contribution in [0.2, 0.25) is 5.28 Å². The average molecular weight is 587 g/mol. The molecule has 5 rings (SSSR count).